The molecule has 0 amide bonds. The molecule has 3 rings (SSSR count). The molecule has 0 saturated heterocycles. The molecule has 0 N–H and O–H groups in total. The first-order chi connectivity index (χ1) is 11.0. The monoisotopic (exact) mass is 352 g/mol. The Hall–Kier alpha value is -1.79. The van der Waals surface area contributed by atoms with Crippen LogP contribution in [0.2, 0.25) is 5.02 Å². The standard InChI is InChI=1S/C16H17ClN2O3S/c1-2-10-23(20,21)19-15(12-5-7-13(17)8-6-12)11-14(18-19)16-4-3-9-22-16/h3-9,15H,2,10-11H2,1H3. The molecule has 0 aliphatic carbocycles. The second kappa shape index (κ2) is 6.37. The molecule has 0 bridgehead atoms. The molecule has 1 aromatic heterocycles. The highest BCUT2D eigenvalue weighted by Crippen LogP contribution is 2.35. The molecule has 7 heteroatoms. The van der Waals surface area contributed by atoms with Gasteiger partial charge in [-0.05, 0) is 36.2 Å². The molecule has 5 nitrogen and oxygen atoms in total. The Morgan fingerprint density at radius 1 is 1.30 bits per heavy atom. The topological polar surface area (TPSA) is 62.9 Å². The molecule has 23 heavy (non-hydrogen) atoms. The van der Waals surface area contributed by atoms with E-state index in [4.69, 9.17) is 16.0 Å². The second-order valence-corrected chi connectivity index (χ2v) is 7.77. The van der Waals surface area contributed by atoms with E-state index in [1.807, 2.05) is 19.1 Å². The molecule has 1 aliphatic rings. The van der Waals surface area contributed by atoms with E-state index in [1.54, 1.807) is 30.5 Å². The van der Waals surface area contributed by atoms with Crippen molar-refractivity contribution in [3.8, 4) is 0 Å². The van der Waals surface area contributed by atoms with Gasteiger partial charge in [-0.1, -0.05) is 30.7 Å². The highest BCUT2D eigenvalue weighted by atomic mass is 35.5. The lowest BCUT2D eigenvalue weighted by Gasteiger charge is -2.23. The van der Waals surface area contributed by atoms with Gasteiger partial charge in [-0.25, -0.2) is 8.42 Å². The molecule has 0 fully saturated rings. The van der Waals surface area contributed by atoms with Crippen LogP contribution in [0.15, 0.2) is 52.2 Å². The van der Waals surface area contributed by atoms with Gasteiger partial charge in [0.15, 0.2) is 0 Å². The van der Waals surface area contributed by atoms with Crippen molar-refractivity contribution < 1.29 is 12.8 Å². The summed E-state index contributed by atoms with van der Waals surface area (Å²) in [6.45, 7) is 1.84. The van der Waals surface area contributed by atoms with E-state index in [2.05, 4.69) is 5.10 Å². The summed E-state index contributed by atoms with van der Waals surface area (Å²) in [7, 11) is -3.47. The van der Waals surface area contributed by atoms with Crippen LogP contribution >= 0.6 is 11.6 Å². The van der Waals surface area contributed by atoms with Crippen molar-refractivity contribution in [2.75, 3.05) is 5.75 Å². The number of sulfonamides is 1. The third-order valence-corrected chi connectivity index (χ3v) is 5.76. The van der Waals surface area contributed by atoms with Crippen LogP contribution in [0.4, 0.5) is 0 Å². The molecular weight excluding hydrogens is 336 g/mol. The van der Waals surface area contributed by atoms with Gasteiger partial charge in [-0.3, -0.25) is 0 Å². The Morgan fingerprint density at radius 3 is 2.65 bits per heavy atom. The van der Waals surface area contributed by atoms with Crippen LogP contribution in [0.1, 0.15) is 37.1 Å². The van der Waals surface area contributed by atoms with Crippen molar-refractivity contribution >= 4 is 27.3 Å². The molecule has 1 atom stereocenters. The average Bonchev–Trinajstić information content (AvgIpc) is 3.17. The highest BCUT2D eigenvalue weighted by molar-refractivity contribution is 7.89. The van der Waals surface area contributed by atoms with E-state index >= 15 is 0 Å². The van der Waals surface area contributed by atoms with Crippen molar-refractivity contribution in [3.63, 3.8) is 0 Å². The van der Waals surface area contributed by atoms with Crippen LogP contribution in [0.3, 0.4) is 0 Å². The van der Waals surface area contributed by atoms with Crippen molar-refractivity contribution in [3.05, 3.63) is 59.0 Å². The predicted octanol–water partition coefficient (Wildman–Crippen LogP) is 3.82. The lowest BCUT2D eigenvalue weighted by molar-refractivity contribution is 0.371. The van der Waals surface area contributed by atoms with Gasteiger partial charge in [0.2, 0.25) is 10.0 Å². The van der Waals surface area contributed by atoms with Gasteiger partial charge < -0.3 is 4.42 Å². The van der Waals surface area contributed by atoms with Crippen LogP contribution in [-0.2, 0) is 10.0 Å². The van der Waals surface area contributed by atoms with E-state index in [-0.39, 0.29) is 11.8 Å². The minimum atomic E-state index is -3.47. The first-order valence-electron chi connectivity index (χ1n) is 7.40. The summed E-state index contributed by atoms with van der Waals surface area (Å²) in [4.78, 5) is 0. The molecule has 2 heterocycles. The fourth-order valence-electron chi connectivity index (χ4n) is 2.62. The molecule has 0 saturated carbocycles. The van der Waals surface area contributed by atoms with Gasteiger partial charge in [0, 0.05) is 11.4 Å². The van der Waals surface area contributed by atoms with E-state index < -0.39 is 10.0 Å². The largest absolute Gasteiger partial charge is 0.463 e. The van der Waals surface area contributed by atoms with Gasteiger partial charge in [-0.2, -0.15) is 9.52 Å². The van der Waals surface area contributed by atoms with Crippen LogP contribution in [0.25, 0.3) is 0 Å². The van der Waals surface area contributed by atoms with Gasteiger partial charge >= 0.3 is 0 Å². The molecule has 122 valence electrons. The predicted molar refractivity (Wildman–Crippen MR) is 90.0 cm³/mol. The number of hydrazone groups is 1. The Morgan fingerprint density at radius 2 is 2.04 bits per heavy atom. The number of hydrogen-bond acceptors (Lipinski definition) is 4. The average molecular weight is 353 g/mol. The van der Waals surface area contributed by atoms with Crippen LogP contribution < -0.4 is 0 Å². The number of benzene rings is 1. The van der Waals surface area contributed by atoms with Gasteiger partial charge in [0.05, 0.1) is 18.1 Å². The zero-order valence-corrected chi connectivity index (χ0v) is 14.2. The van der Waals surface area contributed by atoms with Crippen LogP contribution in [0.5, 0.6) is 0 Å². The summed E-state index contributed by atoms with van der Waals surface area (Å²) in [5.74, 6) is 0.657. The summed E-state index contributed by atoms with van der Waals surface area (Å²) < 4.78 is 31.7. The number of halogens is 1. The van der Waals surface area contributed by atoms with E-state index in [0.29, 0.717) is 29.3 Å². The van der Waals surface area contributed by atoms with Crippen LogP contribution in [0, 0.1) is 0 Å². The van der Waals surface area contributed by atoms with E-state index in [9.17, 15) is 8.42 Å². The lowest BCUT2D eigenvalue weighted by atomic mass is 10.0. The molecule has 0 spiro atoms. The maximum Gasteiger partial charge on any atom is 0.250 e. The minimum Gasteiger partial charge on any atom is -0.463 e. The van der Waals surface area contributed by atoms with Gasteiger partial charge in [-0.15, -0.1) is 0 Å². The Kier molecular flexibility index (Phi) is 4.46. The van der Waals surface area contributed by atoms with Crippen molar-refractivity contribution in [1.82, 2.24) is 4.41 Å². The first-order valence-corrected chi connectivity index (χ1v) is 9.39. The summed E-state index contributed by atoms with van der Waals surface area (Å²) in [5, 5.41) is 4.95. The number of hydrogen-bond donors (Lipinski definition) is 0. The summed E-state index contributed by atoms with van der Waals surface area (Å²) >= 11 is 5.93. The third kappa shape index (κ3) is 3.28. The first kappa shape index (κ1) is 16.1. The normalized spacial score (nSPS) is 18.3. The fraction of sp³-hybridized carbons (Fsp3) is 0.312. The zero-order valence-electron chi connectivity index (χ0n) is 12.6. The molecule has 2 aromatic rings. The second-order valence-electron chi connectivity index (χ2n) is 5.38. The molecule has 1 aliphatic heterocycles. The molecule has 1 aromatic carbocycles. The smallest absolute Gasteiger partial charge is 0.250 e. The Balaban J connectivity index is 1.99. The van der Waals surface area contributed by atoms with E-state index in [1.165, 1.54) is 4.41 Å². The van der Waals surface area contributed by atoms with Gasteiger partial charge in [0.25, 0.3) is 0 Å². The molecular formula is C16H17ClN2O3S. The van der Waals surface area contributed by atoms with Crippen molar-refractivity contribution in [1.29, 1.82) is 0 Å². The number of nitrogens with zero attached hydrogens (tertiary/aromatic N) is 2. The minimum absolute atomic E-state index is 0.0615. The highest BCUT2D eigenvalue weighted by Gasteiger charge is 2.36. The number of furan rings is 1. The molecule has 0 radical (unpaired) electrons. The SMILES string of the molecule is CCCS(=O)(=O)N1N=C(c2ccco2)CC1c1ccc(Cl)cc1. The summed E-state index contributed by atoms with van der Waals surface area (Å²) in [5.41, 5.74) is 1.49. The third-order valence-electron chi connectivity index (χ3n) is 3.68. The number of rotatable bonds is 5. The van der Waals surface area contributed by atoms with Gasteiger partial charge in [0.1, 0.15) is 11.5 Å². The Labute approximate surface area is 140 Å². The van der Waals surface area contributed by atoms with Crippen molar-refractivity contribution in [2.45, 2.75) is 25.8 Å². The van der Waals surface area contributed by atoms with Crippen LogP contribution in [-0.4, -0.2) is 24.3 Å². The fourth-order valence-corrected chi connectivity index (χ4v) is 4.26. The Bertz CT molecular complexity index is 798. The van der Waals surface area contributed by atoms with E-state index in [0.717, 1.165) is 5.56 Å². The maximum atomic E-state index is 12.6. The summed E-state index contributed by atoms with van der Waals surface area (Å²) in [6.07, 6.45) is 2.56. The summed E-state index contributed by atoms with van der Waals surface area (Å²) in [6, 6.07) is 10.4. The lowest BCUT2D eigenvalue weighted by Crippen LogP contribution is -2.29. The zero-order chi connectivity index (χ0) is 16.4. The molecule has 1 unspecified atom stereocenters. The quantitative estimate of drug-likeness (QED) is 0.821. The maximum absolute atomic E-state index is 12.6. The van der Waals surface area contributed by atoms with Crippen molar-refractivity contribution in [2.24, 2.45) is 5.10 Å².